The van der Waals surface area contributed by atoms with Gasteiger partial charge in [0.1, 0.15) is 0 Å². The van der Waals surface area contributed by atoms with Crippen LogP contribution in [0.4, 0.5) is 13.2 Å². The van der Waals surface area contributed by atoms with Gasteiger partial charge in [0.15, 0.2) is 0 Å². The normalized spacial score (nSPS) is 11.9. The number of methoxy groups -OCH3 is 2. The summed E-state index contributed by atoms with van der Waals surface area (Å²) in [5.74, 6) is 1.84. The molecule has 0 N–H and O–H groups in total. The van der Waals surface area contributed by atoms with Crippen molar-refractivity contribution in [1.82, 2.24) is 0 Å². The molecule has 6 nitrogen and oxygen atoms in total. The van der Waals surface area contributed by atoms with Crippen molar-refractivity contribution < 1.29 is 40.0 Å². The number of halogens is 3. The molecule has 11 heteroatoms. The minimum atomic E-state index is -5.75. The topological polar surface area (TPSA) is 71.1 Å². The van der Waals surface area contributed by atoms with Crippen LogP contribution in [0.5, 0.6) is 28.7 Å². The van der Waals surface area contributed by atoms with Crippen LogP contribution in [0.3, 0.4) is 0 Å². The summed E-state index contributed by atoms with van der Waals surface area (Å²) in [4.78, 5) is 0. The second-order valence-electron chi connectivity index (χ2n) is 6.91. The molecule has 0 aliphatic heterocycles. The first-order valence-corrected chi connectivity index (χ1v) is 12.8. The molecule has 1 heterocycles. The molecule has 3 aromatic carbocycles. The average molecular weight is 557 g/mol. The third-order valence-corrected chi connectivity index (χ3v) is 8.20. The second-order valence-corrected chi connectivity index (χ2v) is 10.7. The Kier molecular flexibility index (Phi) is 6.53. The van der Waals surface area contributed by atoms with E-state index >= 15 is 0 Å². The molecular weight excluding hydrogens is 540 g/mol. The number of ether oxygens (including phenoxy) is 3. The van der Waals surface area contributed by atoms with E-state index in [9.17, 15) is 21.6 Å². The van der Waals surface area contributed by atoms with Crippen molar-refractivity contribution >= 4 is 34.3 Å². The summed E-state index contributed by atoms with van der Waals surface area (Å²) in [6.07, 6.45) is 0. The van der Waals surface area contributed by atoms with Crippen LogP contribution in [0.2, 0.25) is 0 Å². The molecule has 1 aromatic heterocycles. The molecule has 0 atom stereocenters. The van der Waals surface area contributed by atoms with Gasteiger partial charge in [-0.3, -0.25) is 0 Å². The fourth-order valence-electron chi connectivity index (χ4n) is 3.07. The summed E-state index contributed by atoms with van der Waals surface area (Å²) in [5.41, 5.74) is -4.58. The van der Waals surface area contributed by atoms with Crippen molar-refractivity contribution in [2.75, 3.05) is 14.2 Å². The molecule has 0 aliphatic carbocycles. The molecule has 0 bridgehead atoms. The van der Waals surface area contributed by atoms with Gasteiger partial charge in [0.2, 0.25) is 0 Å². The van der Waals surface area contributed by atoms with Crippen LogP contribution in [0, 0.1) is 0 Å². The van der Waals surface area contributed by atoms with Crippen LogP contribution in [-0.4, -0.2) is 42.6 Å². The summed E-state index contributed by atoms with van der Waals surface area (Å²) in [6, 6.07) is 18.0. The molecule has 0 radical (unpaired) electrons. The van der Waals surface area contributed by atoms with Gasteiger partial charge in [0, 0.05) is 0 Å². The maximum atomic E-state index is 12.6. The van der Waals surface area contributed by atoms with Gasteiger partial charge in [-0.1, -0.05) is 0 Å². The average Bonchev–Trinajstić information content (AvgIpc) is 3.16. The summed E-state index contributed by atoms with van der Waals surface area (Å²) < 4.78 is 83.0. The zero-order valence-electron chi connectivity index (χ0n) is 17.8. The molecule has 34 heavy (non-hydrogen) atoms. The summed E-state index contributed by atoms with van der Waals surface area (Å²) >= 11 is -0.113. The molecule has 0 aliphatic rings. The van der Waals surface area contributed by atoms with E-state index in [1.54, 1.807) is 14.2 Å². The SMILES string of the molecule is COc1ccc(-c2[se]c3cc(OC)ccc3c2Oc2ccc(OS(=O)(=O)C(F)(F)F)cc2)cc1. The molecule has 0 spiro atoms. The van der Waals surface area contributed by atoms with E-state index in [0.29, 0.717) is 23.0 Å². The van der Waals surface area contributed by atoms with E-state index in [1.807, 2.05) is 42.5 Å². The van der Waals surface area contributed by atoms with Crippen LogP contribution in [-0.2, 0) is 10.1 Å². The first kappa shape index (κ1) is 24.0. The molecule has 4 aromatic rings. The standard InChI is InChI=1S/C23H17F3O6SSe/c1-29-15-5-3-14(4-6-15)22-21(19-12-11-18(30-2)13-20(19)34-22)31-16-7-9-17(10-8-16)32-33(27,28)23(24,25)26/h3-13H,1-2H3. The van der Waals surface area contributed by atoms with Crippen molar-refractivity contribution in [2.45, 2.75) is 5.51 Å². The van der Waals surface area contributed by atoms with Crippen molar-refractivity contribution in [1.29, 1.82) is 0 Å². The van der Waals surface area contributed by atoms with Crippen LogP contribution in [0.1, 0.15) is 0 Å². The Bertz CT molecular complexity index is 1410. The van der Waals surface area contributed by atoms with Gasteiger partial charge >= 0.3 is 199 Å². The van der Waals surface area contributed by atoms with Crippen LogP contribution < -0.4 is 18.4 Å². The molecule has 0 saturated carbocycles. The van der Waals surface area contributed by atoms with Gasteiger partial charge in [0.05, 0.1) is 0 Å². The number of hydrogen-bond donors (Lipinski definition) is 0. The molecular formula is C23H17F3O6SSe. The van der Waals surface area contributed by atoms with E-state index in [1.165, 1.54) is 12.1 Å². The summed E-state index contributed by atoms with van der Waals surface area (Å²) in [6.45, 7) is 0. The first-order valence-electron chi connectivity index (χ1n) is 9.65. The van der Waals surface area contributed by atoms with Crippen molar-refractivity contribution in [3.63, 3.8) is 0 Å². The Hall–Kier alpha value is -3.14. The van der Waals surface area contributed by atoms with Crippen molar-refractivity contribution in [2.24, 2.45) is 0 Å². The monoisotopic (exact) mass is 558 g/mol. The quantitative estimate of drug-likeness (QED) is 0.167. The van der Waals surface area contributed by atoms with Crippen LogP contribution in [0.25, 0.3) is 19.6 Å². The van der Waals surface area contributed by atoms with Crippen molar-refractivity contribution in [3.05, 3.63) is 66.7 Å². The number of fused-ring (bicyclic) bond motifs is 1. The molecule has 0 saturated heterocycles. The first-order chi connectivity index (χ1) is 16.1. The predicted molar refractivity (Wildman–Crippen MR) is 122 cm³/mol. The number of benzene rings is 3. The Morgan fingerprint density at radius 2 is 1.32 bits per heavy atom. The Labute approximate surface area is 199 Å². The number of rotatable bonds is 7. The maximum absolute atomic E-state index is 12.6. The molecule has 0 fully saturated rings. The van der Waals surface area contributed by atoms with Gasteiger partial charge in [0.25, 0.3) is 0 Å². The predicted octanol–water partition coefficient (Wildman–Crippen LogP) is 5.60. The van der Waals surface area contributed by atoms with Gasteiger partial charge in [-0.2, -0.15) is 0 Å². The second kappa shape index (κ2) is 9.25. The van der Waals surface area contributed by atoms with Crippen LogP contribution in [0.15, 0.2) is 66.7 Å². The Balaban J connectivity index is 1.70. The number of alkyl halides is 3. The zero-order chi connectivity index (χ0) is 24.5. The molecule has 0 unspecified atom stereocenters. The Morgan fingerprint density at radius 1 is 0.765 bits per heavy atom. The number of hydrogen-bond acceptors (Lipinski definition) is 6. The van der Waals surface area contributed by atoms with Crippen LogP contribution >= 0.6 is 0 Å². The fourth-order valence-corrected chi connectivity index (χ4v) is 5.97. The van der Waals surface area contributed by atoms with E-state index in [4.69, 9.17) is 14.2 Å². The van der Waals surface area contributed by atoms with E-state index < -0.39 is 21.4 Å². The molecule has 4 rings (SSSR count). The molecule has 178 valence electrons. The summed E-state index contributed by atoms with van der Waals surface area (Å²) in [5, 5.41) is 0.867. The molecule has 0 amide bonds. The van der Waals surface area contributed by atoms with Gasteiger partial charge < -0.3 is 0 Å². The van der Waals surface area contributed by atoms with Crippen molar-refractivity contribution in [3.8, 4) is 38.7 Å². The van der Waals surface area contributed by atoms with Gasteiger partial charge in [-0.15, -0.1) is 0 Å². The van der Waals surface area contributed by atoms with Gasteiger partial charge in [-0.25, -0.2) is 0 Å². The summed E-state index contributed by atoms with van der Waals surface area (Å²) in [7, 11) is -2.59. The zero-order valence-corrected chi connectivity index (χ0v) is 20.3. The van der Waals surface area contributed by atoms with E-state index in [0.717, 1.165) is 31.8 Å². The van der Waals surface area contributed by atoms with E-state index in [2.05, 4.69) is 4.18 Å². The minimum absolute atomic E-state index is 0.113. The third-order valence-electron chi connectivity index (χ3n) is 4.74. The Morgan fingerprint density at radius 3 is 1.91 bits per heavy atom. The van der Waals surface area contributed by atoms with E-state index in [-0.39, 0.29) is 14.5 Å². The third kappa shape index (κ3) is 4.86. The van der Waals surface area contributed by atoms with Gasteiger partial charge in [-0.05, 0) is 0 Å². The fraction of sp³-hybridized carbons (Fsp3) is 0.130.